The Balaban J connectivity index is 1.43. The molecule has 2 aromatic rings. The molecule has 2 N–H and O–H groups in total. The lowest BCUT2D eigenvalue weighted by Gasteiger charge is -2.41. The first kappa shape index (κ1) is 27.5. The zero-order valence-electron chi connectivity index (χ0n) is 21.0. The van der Waals surface area contributed by atoms with E-state index in [1.54, 1.807) is 42.5 Å². The van der Waals surface area contributed by atoms with Gasteiger partial charge in [-0.15, -0.1) is 0 Å². The maximum Gasteiger partial charge on any atom is 0.317 e. The normalized spacial score (nSPS) is 20.4. The molecule has 7 nitrogen and oxygen atoms in total. The van der Waals surface area contributed by atoms with Crippen LogP contribution in [0, 0.1) is 11.2 Å². The molecule has 3 amide bonds. The number of carbonyl (C=O) groups excluding carboxylic acids is 2. The topological polar surface area (TPSA) is 90.0 Å². The van der Waals surface area contributed by atoms with Crippen LogP contribution in [0.25, 0.3) is 0 Å². The van der Waals surface area contributed by atoms with Crippen LogP contribution in [0.3, 0.4) is 0 Å². The number of urea groups is 1. The van der Waals surface area contributed by atoms with Gasteiger partial charge in [0.25, 0.3) is 0 Å². The molecule has 2 aliphatic rings. The van der Waals surface area contributed by atoms with Crippen molar-refractivity contribution in [3.05, 3.63) is 66.0 Å². The fourth-order valence-electron chi connectivity index (χ4n) is 5.38. The average molecular weight is 532 g/mol. The van der Waals surface area contributed by atoms with Gasteiger partial charge in [-0.2, -0.15) is 0 Å². The number of nitrogens with zero attached hydrogens (tertiary/aromatic N) is 2. The lowest BCUT2D eigenvalue weighted by molar-refractivity contribution is -0.154. The van der Waals surface area contributed by atoms with Crippen LogP contribution in [-0.4, -0.2) is 53.0 Å². The first-order chi connectivity index (χ1) is 18.1. The lowest BCUT2D eigenvalue weighted by atomic mass is 9.75. The summed E-state index contributed by atoms with van der Waals surface area (Å²) >= 11 is 0. The molecule has 1 saturated carbocycles. The second-order valence-corrected chi connectivity index (χ2v) is 10.2. The van der Waals surface area contributed by atoms with E-state index >= 15 is 0 Å². The molecule has 1 saturated heterocycles. The molecule has 4 rings (SSSR count). The fraction of sp³-hybridized carbons (Fsp3) is 0.464. The van der Waals surface area contributed by atoms with E-state index in [1.165, 1.54) is 21.9 Å². The molecule has 1 aliphatic carbocycles. The highest BCUT2D eigenvalue weighted by molar-refractivity contribution is 5.97. The molecule has 38 heavy (non-hydrogen) atoms. The molecule has 2 fully saturated rings. The molecular weight excluding hydrogens is 499 g/mol. The molecule has 10 heteroatoms. The Morgan fingerprint density at radius 3 is 2.26 bits per heavy atom. The SMILES string of the molecule is O=C(NCc1ccc(F)cc1)N1CCC(CC(=O)N(c2ccccc2)[C@@H]2CCCC(F)(F)C2)(C(=O)O)CC1. The van der Waals surface area contributed by atoms with Crippen molar-refractivity contribution in [1.82, 2.24) is 10.2 Å². The molecule has 1 aliphatic heterocycles. The number of aliphatic carboxylic acids is 1. The van der Waals surface area contributed by atoms with E-state index in [0.29, 0.717) is 12.1 Å². The summed E-state index contributed by atoms with van der Waals surface area (Å²) in [4.78, 5) is 41.6. The van der Waals surface area contributed by atoms with Crippen LogP contribution in [0.2, 0.25) is 0 Å². The lowest BCUT2D eigenvalue weighted by Crippen LogP contribution is -2.52. The summed E-state index contributed by atoms with van der Waals surface area (Å²) in [6, 6.07) is 13.2. The Labute approximate surface area is 219 Å². The number of likely N-dealkylation sites (tertiary alicyclic amines) is 1. The number of nitrogens with one attached hydrogen (secondary N) is 1. The molecule has 0 aromatic heterocycles. The number of benzene rings is 2. The molecule has 1 atom stereocenters. The number of piperidine rings is 1. The van der Waals surface area contributed by atoms with Gasteiger partial charge in [-0.1, -0.05) is 30.3 Å². The highest BCUT2D eigenvalue weighted by Crippen LogP contribution is 2.40. The minimum Gasteiger partial charge on any atom is -0.481 e. The van der Waals surface area contributed by atoms with Crippen molar-refractivity contribution in [1.29, 1.82) is 0 Å². The van der Waals surface area contributed by atoms with Gasteiger partial charge in [0.15, 0.2) is 0 Å². The number of carboxylic acid groups (broad SMARTS) is 1. The van der Waals surface area contributed by atoms with Gasteiger partial charge < -0.3 is 20.2 Å². The average Bonchev–Trinajstić information content (AvgIpc) is 2.89. The maximum absolute atomic E-state index is 14.3. The molecule has 0 unspecified atom stereocenters. The van der Waals surface area contributed by atoms with E-state index in [0.717, 1.165) is 5.56 Å². The van der Waals surface area contributed by atoms with Crippen LogP contribution < -0.4 is 10.2 Å². The molecule has 0 bridgehead atoms. The van der Waals surface area contributed by atoms with Crippen molar-refractivity contribution in [2.75, 3.05) is 18.0 Å². The number of anilines is 1. The van der Waals surface area contributed by atoms with Crippen molar-refractivity contribution in [2.24, 2.45) is 5.41 Å². The van der Waals surface area contributed by atoms with E-state index in [-0.39, 0.29) is 63.6 Å². The molecule has 1 heterocycles. The van der Waals surface area contributed by atoms with Crippen LogP contribution in [0.15, 0.2) is 54.6 Å². The molecule has 0 spiro atoms. The molecule has 0 radical (unpaired) electrons. The number of hydrogen-bond acceptors (Lipinski definition) is 3. The fourth-order valence-corrected chi connectivity index (χ4v) is 5.38. The second kappa shape index (κ2) is 11.4. The predicted molar refractivity (Wildman–Crippen MR) is 135 cm³/mol. The number of hydrogen-bond donors (Lipinski definition) is 2. The Morgan fingerprint density at radius 2 is 1.66 bits per heavy atom. The highest BCUT2D eigenvalue weighted by Gasteiger charge is 2.47. The molecule has 2 aromatic carbocycles. The van der Waals surface area contributed by atoms with E-state index in [2.05, 4.69) is 5.32 Å². The van der Waals surface area contributed by atoms with E-state index in [4.69, 9.17) is 0 Å². The van der Waals surface area contributed by atoms with Gasteiger partial charge >= 0.3 is 12.0 Å². The first-order valence-corrected chi connectivity index (χ1v) is 12.8. The van der Waals surface area contributed by atoms with Gasteiger partial charge in [0.05, 0.1) is 5.41 Å². The van der Waals surface area contributed by atoms with E-state index < -0.39 is 35.7 Å². The number of halogens is 3. The smallest absolute Gasteiger partial charge is 0.317 e. The van der Waals surface area contributed by atoms with Crippen molar-refractivity contribution >= 4 is 23.6 Å². The third-order valence-corrected chi connectivity index (χ3v) is 7.59. The number of amides is 3. The van der Waals surface area contributed by atoms with Gasteiger partial charge in [-0.05, 0) is 55.5 Å². The van der Waals surface area contributed by atoms with Crippen LogP contribution in [0.1, 0.15) is 50.5 Å². The zero-order chi connectivity index (χ0) is 27.3. The van der Waals surface area contributed by atoms with Gasteiger partial charge in [-0.3, -0.25) is 9.59 Å². The summed E-state index contributed by atoms with van der Waals surface area (Å²) in [5, 5.41) is 12.9. The van der Waals surface area contributed by atoms with Crippen LogP contribution in [0.5, 0.6) is 0 Å². The highest BCUT2D eigenvalue weighted by atomic mass is 19.3. The van der Waals surface area contributed by atoms with Gasteiger partial charge in [0, 0.05) is 50.6 Å². The summed E-state index contributed by atoms with van der Waals surface area (Å²) in [7, 11) is 0. The van der Waals surface area contributed by atoms with Gasteiger partial charge in [-0.25, -0.2) is 18.0 Å². The van der Waals surface area contributed by atoms with Crippen LogP contribution in [0.4, 0.5) is 23.7 Å². The van der Waals surface area contributed by atoms with Crippen LogP contribution in [-0.2, 0) is 16.1 Å². The van der Waals surface area contributed by atoms with Crippen molar-refractivity contribution in [3.63, 3.8) is 0 Å². The number of carbonyl (C=O) groups is 3. The number of carboxylic acids is 1. The van der Waals surface area contributed by atoms with Gasteiger partial charge in [0.2, 0.25) is 11.8 Å². The monoisotopic (exact) mass is 531 g/mol. The van der Waals surface area contributed by atoms with E-state index in [9.17, 15) is 32.7 Å². The third kappa shape index (κ3) is 6.46. The maximum atomic E-state index is 14.3. The van der Waals surface area contributed by atoms with E-state index in [1.807, 2.05) is 0 Å². The Hall–Kier alpha value is -3.56. The quantitative estimate of drug-likeness (QED) is 0.514. The number of alkyl halides is 2. The Bertz CT molecular complexity index is 1140. The summed E-state index contributed by atoms with van der Waals surface area (Å²) in [5.41, 5.74) is -0.218. The standard InChI is InChI=1S/C28H32F3N3O4/c29-21-10-8-20(9-11-21)19-32-26(38)33-15-13-27(14-16-33,25(36)37)18-24(35)34(22-5-2-1-3-6-22)23-7-4-12-28(30,31)17-23/h1-3,5-6,8-11,23H,4,7,12-19H2,(H,32,38)(H,36,37)/t23-/m1/s1. The second-order valence-electron chi connectivity index (χ2n) is 10.2. The number of rotatable bonds is 7. The largest absolute Gasteiger partial charge is 0.481 e. The summed E-state index contributed by atoms with van der Waals surface area (Å²) < 4.78 is 41.6. The summed E-state index contributed by atoms with van der Waals surface area (Å²) in [6.45, 7) is 0.444. The van der Waals surface area contributed by atoms with Crippen molar-refractivity contribution in [3.8, 4) is 0 Å². The van der Waals surface area contributed by atoms with Crippen molar-refractivity contribution < 1.29 is 32.7 Å². The zero-order valence-corrected chi connectivity index (χ0v) is 21.0. The first-order valence-electron chi connectivity index (χ1n) is 12.8. The minimum atomic E-state index is -2.88. The summed E-state index contributed by atoms with van der Waals surface area (Å²) in [5.74, 6) is -4.90. The minimum absolute atomic E-state index is 0.0570. The molecular formula is C28H32F3N3O4. The predicted octanol–water partition coefficient (Wildman–Crippen LogP) is 5.20. The Kier molecular flexibility index (Phi) is 8.28. The third-order valence-electron chi connectivity index (χ3n) is 7.59. The van der Waals surface area contributed by atoms with Crippen LogP contribution >= 0.6 is 0 Å². The molecule has 204 valence electrons. The Morgan fingerprint density at radius 1 is 1.00 bits per heavy atom. The summed E-state index contributed by atoms with van der Waals surface area (Å²) in [6.07, 6.45) is -0.222. The number of para-hydroxylation sites is 1. The van der Waals surface area contributed by atoms with Crippen molar-refractivity contribution in [2.45, 2.75) is 63.5 Å². The van der Waals surface area contributed by atoms with Gasteiger partial charge in [0.1, 0.15) is 5.82 Å².